The van der Waals surface area contributed by atoms with Crippen molar-refractivity contribution in [2.24, 2.45) is 17.8 Å². The molecule has 0 spiro atoms. The molecule has 1 aromatic carbocycles. The van der Waals surface area contributed by atoms with Crippen LogP contribution in [0.5, 0.6) is 0 Å². The van der Waals surface area contributed by atoms with Crippen LogP contribution in [0.3, 0.4) is 0 Å². The minimum atomic E-state index is -1.71. The van der Waals surface area contributed by atoms with E-state index in [0.29, 0.717) is 5.56 Å². The predicted octanol–water partition coefficient (Wildman–Crippen LogP) is -0.455. The van der Waals surface area contributed by atoms with Crippen molar-refractivity contribution < 1.29 is 53.6 Å². The molecule has 0 bridgehead atoms. The van der Waals surface area contributed by atoms with Crippen LogP contribution in [0.25, 0.3) is 0 Å². The van der Waals surface area contributed by atoms with Crippen LogP contribution in [-0.2, 0) is 44.7 Å². The number of carboxylic acids is 1. The van der Waals surface area contributed by atoms with Gasteiger partial charge in [0.15, 0.2) is 5.78 Å². The fourth-order valence-corrected chi connectivity index (χ4v) is 5.55. The Morgan fingerprint density at radius 1 is 0.725 bits per heavy atom. The van der Waals surface area contributed by atoms with E-state index < -0.39 is 83.5 Å². The van der Waals surface area contributed by atoms with E-state index in [9.17, 15) is 48.9 Å². The molecule has 284 valence electrons. The summed E-state index contributed by atoms with van der Waals surface area (Å²) >= 11 is 0. The lowest BCUT2D eigenvalue weighted by molar-refractivity contribution is -0.147. The van der Waals surface area contributed by atoms with Crippen LogP contribution in [0.1, 0.15) is 73.3 Å². The van der Waals surface area contributed by atoms with Gasteiger partial charge in [-0.05, 0) is 44.6 Å². The van der Waals surface area contributed by atoms with Gasteiger partial charge in [-0.15, -0.1) is 0 Å². The number of carbonyl (C=O) groups is 7. The Labute approximate surface area is 297 Å². The van der Waals surface area contributed by atoms with Crippen molar-refractivity contribution in [3.63, 3.8) is 0 Å². The highest BCUT2D eigenvalue weighted by Crippen LogP contribution is 2.27. The Morgan fingerprint density at radius 3 is 1.71 bits per heavy atom. The van der Waals surface area contributed by atoms with Gasteiger partial charge in [0, 0.05) is 19.3 Å². The second kappa shape index (κ2) is 19.3. The molecule has 0 radical (unpaired) electrons. The molecule has 16 heteroatoms. The highest BCUT2D eigenvalue weighted by Gasteiger charge is 2.46. The number of amides is 5. The highest BCUT2D eigenvalue weighted by atomic mass is 16.5. The predicted molar refractivity (Wildman–Crippen MR) is 183 cm³/mol. The van der Waals surface area contributed by atoms with E-state index in [1.807, 2.05) is 27.7 Å². The summed E-state index contributed by atoms with van der Waals surface area (Å²) in [7, 11) is 0. The molecule has 0 unspecified atom stereocenters. The molecule has 1 aliphatic rings. The highest BCUT2D eigenvalue weighted by molar-refractivity contribution is 6.03. The Kier molecular flexibility index (Phi) is 16.2. The first-order chi connectivity index (χ1) is 23.8. The molecule has 8 N–H and O–H groups in total. The molecule has 0 aromatic heterocycles. The summed E-state index contributed by atoms with van der Waals surface area (Å²) in [5, 5.41) is 42.5. The second-order valence-corrected chi connectivity index (χ2v) is 13.9. The van der Waals surface area contributed by atoms with Gasteiger partial charge >= 0.3 is 5.97 Å². The fraction of sp³-hybridized carbons (Fsp3) is 0.629. The van der Waals surface area contributed by atoms with Crippen molar-refractivity contribution in [1.29, 1.82) is 0 Å². The molecular formula is C35H53N5O11. The van der Waals surface area contributed by atoms with E-state index in [1.54, 1.807) is 30.3 Å². The minimum Gasteiger partial charge on any atom is -0.480 e. The maximum atomic E-state index is 13.5. The number of carbonyl (C=O) groups excluding carboxylic acids is 6. The first-order valence-electron chi connectivity index (χ1n) is 17.1. The molecule has 16 nitrogen and oxygen atoms in total. The summed E-state index contributed by atoms with van der Waals surface area (Å²) in [6.07, 6.45) is -2.66. The Balaban J connectivity index is 2.16. The van der Waals surface area contributed by atoms with Crippen LogP contribution < -0.4 is 26.6 Å². The number of aliphatic carboxylic acids is 1. The SMILES string of the molecule is CC(C)C[C@H](NC(=O)[C@@H](NC(=O)[C@@H](NC(=O)[C@@H](C)C(=O)N[C@@H](Cc1ccccc1)C(=O)O)[C@@H](C)O)[C@H](C)O)C(=O)N[C@@]1(CC(C)C)OCCC1=O. The van der Waals surface area contributed by atoms with Gasteiger partial charge in [-0.1, -0.05) is 58.0 Å². The third-order valence-electron chi connectivity index (χ3n) is 8.30. The lowest BCUT2D eigenvalue weighted by atomic mass is 9.95. The van der Waals surface area contributed by atoms with Gasteiger partial charge < -0.3 is 46.6 Å². The number of hydrogen-bond acceptors (Lipinski definition) is 10. The lowest BCUT2D eigenvalue weighted by Gasteiger charge is -2.33. The Bertz CT molecular complexity index is 1400. The number of benzene rings is 1. The molecule has 0 saturated carbocycles. The number of carboxylic acid groups (broad SMARTS) is 1. The number of hydrogen-bond donors (Lipinski definition) is 8. The third-order valence-corrected chi connectivity index (χ3v) is 8.30. The van der Waals surface area contributed by atoms with E-state index in [0.717, 1.165) is 0 Å². The molecule has 8 atom stereocenters. The van der Waals surface area contributed by atoms with E-state index in [1.165, 1.54) is 20.8 Å². The summed E-state index contributed by atoms with van der Waals surface area (Å²) in [5.74, 6) is -7.97. The summed E-state index contributed by atoms with van der Waals surface area (Å²) in [4.78, 5) is 90.7. The molecule has 2 rings (SSSR count). The van der Waals surface area contributed by atoms with E-state index in [-0.39, 0.29) is 49.9 Å². The molecule has 1 aromatic rings. The first-order valence-corrected chi connectivity index (χ1v) is 17.1. The number of aliphatic hydroxyl groups is 2. The van der Waals surface area contributed by atoms with Crippen LogP contribution in [0, 0.1) is 17.8 Å². The number of aliphatic hydroxyl groups excluding tert-OH is 2. The van der Waals surface area contributed by atoms with Crippen molar-refractivity contribution in [1.82, 2.24) is 26.6 Å². The van der Waals surface area contributed by atoms with E-state index in [4.69, 9.17) is 4.74 Å². The maximum absolute atomic E-state index is 13.5. The van der Waals surface area contributed by atoms with Crippen molar-refractivity contribution >= 4 is 41.3 Å². The molecular weight excluding hydrogens is 666 g/mol. The molecule has 1 aliphatic heterocycles. The number of ketones is 1. The van der Waals surface area contributed by atoms with Crippen molar-refractivity contribution in [3.8, 4) is 0 Å². The van der Waals surface area contributed by atoms with Crippen LogP contribution in [-0.4, -0.2) is 105 Å². The van der Waals surface area contributed by atoms with E-state index >= 15 is 0 Å². The van der Waals surface area contributed by atoms with E-state index in [2.05, 4.69) is 26.6 Å². The molecule has 51 heavy (non-hydrogen) atoms. The summed E-state index contributed by atoms with van der Waals surface area (Å²) in [6, 6.07) is 2.60. The van der Waals surface area contributed by atoms with Crippen LogP contribution in [0.15, 0.2) is 30.3 Å². The zero-order valence-corrected chi connectivity index (χ0v) is 30.2. The van der Waals surface area contributed by atoms with Gasteiger partial charge in [-0.2, -0.15) is 0 Å². The van der Waals surface area contributed by atoms with Crippen LogP contribution in [0.4, 0.5) is 0 Å². The van der Waals surface area contributed by atoms with Crippen LogP contribution in [0.2, 0.25) is 0 Å². The largest absolute Gasteiger partial charge is 0.480 e. The average Bonchev–Trinajstić information content (AvgIpc) is 3.38. The molecule has 5 amide bonds. The number of nitrogens with one attached hydrogen (secondary N) is 5. The number of Topliss-reactive ketones (excluding diaryl/α,β-unsaturated/α-hetero) is 1. The number of rotatable bonds is 19. The van der Waals surface area contributed by atoms with Gasteiger partial charge in [-0.3, -0.25) is 28.8 Å². The molecule has 1 fully saturated rings. The zero-order chi connectivity index (χ0) is 38.6. The quantitative estimate of drug-likeness (QED) is 0.0850. The van der Waals surface area contributed by atoms with Crippen molar-refractivity contribution in [3.05, 3.63) is 35.9 Å². The van der Waals surface area contributed by atoms with Gasteiger partial charge in [0.1, 0.15) is 30.1 Å². The first kappa shape index (κ1) is 42.8. The summed E-state index contributed by atoms with van der Waals surface area (Å²) in [5.41, 5.74) is -0.912. The smallest absolute Gasteiger partial charge is 0.326 e. The third kappa shape index (κ3) is 12.7. The van der Waals surface area contributed by atoms with Gasteiger partial charge in [0.25, 0.3) is 0 Å². The van der Waals surface area contributed by atoms with Crippen molar-refractivity contribution in [2.75, 3.05) is 6.61 Å². The van der Waals surface area contributed by atoms with Gasteiger partial charge in [0.05, 0.1) is 18.8 Å². The molecule has 1 saturated heterocycles. The van der Waals surface area contributed by atoms with Crippen LogP contribution >= 0.6 is 0 Å². The second-order valence-electron chi connectivity index (χ2n) is 13.9. The maximum Gasteiger partial charge on any atom is 0.326 e. The molecule has 1 heterocycles. The summed E-state index contributed by atoms with van der Waals surface area (Å²) in [6.45, 7) is 11.1. The average molecular weight is 720 g/mol. The van der Waals surface area contributed by atoms with Crippen molar-refractivity contribution in [2.45, 2.75) is 116 Å². The monoisotopic (exact) mass is 719 g/mol. The zero-order valence-electron chi connectivity index (χ0n) is 30.2. The molecule has 0 aliphatic carbocycles. The summed E-state index contributed by atoms with van der Waals surface area (Å²) < 4.78 is 5.70. The van der Waals surface area contributed by atoms with Gasteiger partial charge in [-0.25, -0.2) is 4.79 Å². The van der Waals surface area contributed by atoms with Gasteiger partial charge in [0.2, 0.25) is 35.3 Å². The Hall–Kier alpha value is -4.41. The normalized spacial score (nSPS) is 19.9. The topological polar surface area (TPSA) is 250 Å². The number of ether oxygens (including phenoxy) is 1. The Morgan fingerprint density at radius 2 is 1.24 bits per heavy atom. The standard InChI is InChI=1S/C35H53N5O11/c1-18(2)15-24(31(46)40-35(17-19(3)4)26(43)13-14-51-35)36-32(47)27(21(6)41)39-33(48)28(22(7)42)38-30(45)20(5)29(44)37-25(34(49)50)16-23-11-9-8-10-12-23/h8-12,18-22,24-25,27-28,41-42H,13-17H2,1-7H3,(H,36,47)(H,37,44)(H,38,45)(H,39,48)(H,40,46)(H,49,50)/t20-,21-,22+,24-,25-,27-,28-,35-/m0/s1. The lowest BCUT2D eigenvalue weighted by Crippen LogP contribution is -2.63. The fourth-order valence-electron chi connectivity index (χ4n) is 5.55. The minimum absolute atomic E-state index is 0.0126.